The van der Waals surface area contributed by atoms with E-state index in [0.29, 0.717) is 12.5 Å². The van der Waals surface area contributed by atoms with Crippen LogP contribution >= 0.6 is 11.8 Å². The molecule has 154 valence electrons. The standard InChI is InChI=1S/C17H25NOS.C7H16/c1-4-13(3)15-9-18-10-16(19)17(15)20-11-14-7-5-12(2)6-8-14;1-3-5-7-6-4-2/h5-8,13,16,18-19H,4,9-11H2,1-3H3;3-7H2,1-2H3. The van der Waals surface area contributed by atoms with E-state index >= 15 is 0 Å². The maximum Gasteiger partial charge on any atom is 0.0972 e. The van der Waals surface area contributed by atoms with Crippen molar-refractivity contribution in [1.82, 2.24) is 5.32 Å². The second kappa shape index (κ2) is 14.3. The molecule has 1 aromatic rings. The quantitative estimate of drug-likeness (QED) is 0.473. The number of rotatable bonds is 9. The van der Waals surface area contributed by atoms with Crippen LogP contribution < -0.4 is 5.32 Å². The molecular formula is C24H41NOS. The Morgan fingerprint density at radius 1 is 1.07 bits per heavy atom. The summed E-state index contributed by atoms with van der Waals surface area (Å²) < 4.78 is 0. The van der Waals surface area contributed by atoms with E-state index in [9.17, 15) is 5.11 Å². The Bertz CT molecular complexity index is 534. The third-order valence-electron chi connectivity index (χ3n) is 5.20. The van der Waals surface area contributed by atoms with Gasteiger partial charge in [0.2, 0.25) is 0 Å². The molecule has 2 nitrogen and oxygen atoms in total. The predicted molar refractivity (Wildman–Crippen MR) is 122 cm³/mol. The van der Waals surface area contributed by atoms with Crippen LogP contribution in [0.3, 0.4) is 0 Å². The van der Waals surface area contributed by atoms with E-state index in [0.717, 1.165) is 18.7 Å². The molecule has 1 aliphatic heterocycles. The Morgan fingerprint density at radius 3 is 2.26 bits per heavy atom. The van der Waals surface area contributed by atoms with Gasteiger partial charge in [-0.3, -0.25) is 0 Å². The Balaban J connectivity index is 0.000000445. The number of aliphatic hydroxyl groups excluding tert-OH is 1. The molecule has 1 aliphatic rings. The molecule has 2 N–H and O–H groups in total. The van der Waals surface area contributed by atoms with Crippen molar-refractivity contribution >= 4 is 11.8 Å². The zero-order chi connectivity index (χ0) is 20.1. The van der Waals surface area contributed by atoms with Crippen molar-refractivity contribution in [2.24, 2.45) is 5.92 Å². The first-order valence-electron chi connectivity index (χ1n) is 10.8. The summed E-state index contributed by atoms with van der Waals surface area (Å²) >= 11 is 1.81. The highest BCUT2D eigenvalue weighted by Crippen LogP contribution is 2.33. The van der Waals surface area contributed by atoms with Crippen LogP contribution in [0.2, 0.25) is 0 Å². The van der Waals surface area contributed by atoms with Crippen molar-refractivity contribution in [2.75, 3.05) is 13.1 Å². The summed E-state index contributed by atoms with van der Waals surface area (Å²) in [6.07, 6.45) is 7.79. The highest BCUT2D eigenvalue weighted by atomic mass is 32.2. The number of nitrogens with one attached hydrogen (secondary N) is 1. The van der Waals surface area contributed by atoms with Crippen LogP contribution in [-0.4, -0.2) is 24.3 Å². The first-order valence-corrected chi connectivity index (χ1v) is 11.8. The zero-order valence-corrected chi connectivity index (χ0v) is 19.0. The average Bonchev–Trinajstić information content (AvgIpc) is 2.68. The second-order valence-electron chi connectivity index (χ2n) is 7.68. The number of β-amino-alcohol motifs (C(OH)–C–C–N with tert-alkyl or cyclic N) is 1. The molecule has 0 spiro atoms. The Hall–Kier alpha value is -0.770. The average molecular weight is 392 g/mol. The highest BCUT2D eigenvalue weighted by Gasteiger charge is 2.23. The number of benzene rings is 1. The minimum absolute atomic E-state index is 0.344. The van der Waals surface area contributed by atoms with Gasteiger partial charge < -0.3 is 10.4 Å². The van der Waals surface area contributed by atoms with Gasteiger partial charge in [0.1, 0.15) is 0 Å². The van der Waals surface area contributed by atoms with Gasteiger partial charge >= 0.3 is 0 Å². The molecule has 0 fully saturated rings. The van der Waals surface area contributed by atoms with E-state index in [4.69, 9.17) is 0 Å². The van der Waals surface area contributed by atoms with Crippen LogP contribution in [0.4, 0.5) is 0 Å². The zero-order valence-electron chi connectivity index (χ0n) is 18.2. The van der Waals surface area contributed by atoms with Gasteiger partial charge in [-0.15, -0.1) is 11.8 Å². The normalized spacial score (nSPS) is 18.1. The summed E-state index contributed by atoms with van der Waals surface area (Å²) in [5, 5.41) is 13.6. The number of hydrogen-bond acceptors (Lipinski definition) is 3. The topological polar surface area (TPSA) is 32.3 Å². The lowest BCUT2D eigenvalue weighted by Crippen LogP contribution is -2.37. The molecule has 0 amide bonds. The third-order valence-corrected chi connectivity index (χ3v) is 6.52. The molecule has 2 rings (SSSR count). The third kappa shape index (κ3) is 9.32. The van der Waals surface area contributed by atoms with Gasteiger partial charge in [-0.1, -0.05) is 89.6 Å². The fraction of sp³-hybridized carbons (Fsp3) is 0.667. The maximum atomic E-state index is 10.3. The Kier molecular flexibility index (Phi) is 12.8. The first kappa shape index (κ1) is 24.3. The molecule has 0 aliphatic carbocycles. The van der Waals surface area contributed by atoms with Crippen LogP contribution in [0.5, 0.6) is 0 Å². The SMILES string of the molecule is CCC(C)C1=C(SCc2ccc(C)cc2)C(O)CNC1.CCCCCCC. The monoisotopic (exact) mass is 391 g/mol. The molecular weight excluding hydrogens is 350 g/mol. The largest absolute Gasteiger partial charge is 0.387 e. The minimum atomic E-state index is -0.344. The van der Waals surface area contributed by atoms with Gasteiger partial charge in [0.05, 0.1) is 6.10 Å². The lowest BCUT2D eigenvalue weighted by molar-refractivity contribution is 0.206. The molecule has 0 saturated heterocycles. The second-order valence-corrected chi connectivity index (χ2v) is 8.70. The van der Waals surface area contributed by atoms with Crippen molar-refractivity contribution in [2.45, 2.75) is 85.0 Å². The van der Waals surface area contributed by atoms with Crippen molar-refractivity contribution < 1.29 is 5.11 Å². The van der Waals surface area contributed by atoms with Crippen LogP contribution in [0, 0.1) is 12.8 Å². The van der Waals surface area contributed by atoms with Gasteiger partial charge in [-0.2, -0.15) is 0 Å². The van der Waals surface area contributed by atoms with Gasteiger partial charge in [0, 0.05) is 23.7 Å². The van der Waals surface area contributed by atoms with Crippen LogP contribution in [0.1, 0.15) is 77.3 Å². The van der Waals surface area contributed by atoms with E-state index < -0.39 is 0 Å². The number of aliphatic hydroxyl groups is 1. The number of hydrogen-bond donors (Lipinski definition) is 2. The first-order chi connectivity index (χ1) is 13.0. The van der Waals surface area contributed by atoms with Gasteiger partial charge in [-0.25, -0.2) is 0 Å². The van der Waals surface area contributed by atoms with E-state index in [1.807, 2.05) is 0 Å². The van der Waals surface area contributed by atoms with E-state index in [1.165, 1.54) is 53.7 Å². The van der Waals surface area contributed by atoms with E-state index in [2.05, 4.69) is 64.2 Å². The van der Waals surface area contributed by atoms with Gasteiger partial charge in [-0.05, 0) is 30.4 Å². The lowest BCUT2D eigenvalue weighted by Gasteiger charge is -2.28. The number of thioether (sulfide) groups is 1. The van der Waals surface area contributed by atoms with Crippen molar-refractivity contribution in [3.05, 3.63) is 45.9 Å². The number of unbranched alkanes of at least 4 members (excludes halogenated alkanes) is 4. The number of aryl methyl sites for hydroxylation is 1. The van der Waals surface area contributed by atoms with E-state index in [-0.39, 0.29) is 6.10 Å². The molecule has 3 heteroatoms. The highest BCUT2D eigenvalue weighted by molar-refractivity contribution is 8.02. The van der Waals surface area contributed by atoms with Crippen molar-refractivity contribution in [3.63, 3.8) is 0 Å². The molecule has 0 bridgehead atoms. The van der Waals surface area contributed by atoms with Crippen molar-refractivity contribution in [3.8, 4) is 0 Å². The van der Waals surface area contributed by atoms with Crippen LogP contribution in [0.15, 0.2) is 34.7 Å². The van der Waals surface area contributed by atoms with Gasteiger partial charge in [0.15, 0.2) is 0 Å². The van der Waals surface area contributed by atoms with Crippen LogP contribution in [-0.2, 0) is 5.75 Å². The molecule has 2 atom stereocenters. The molecule has 0 saturated carbocycles. The summed E-state index contributed by atoms with van der Waals surface area (Å²) in [6, 6.07) is 8.66. The smallest absolute Gasteiger partial charge is 0.0972 e. The Labute approximate surface area is 172 Å². The molecule has 1 heterocycles. The summed E-state index contributed by atoms with van der Waals surface area (Å²) in [5.74, 6) is 1.48. The Morgan fingerprint density at radius 2 is 1.70 bits per heavy atom. The fourth-order valence-corrected chi connectivity index (χ4v) is 4.36. The van der Waals surface area contributed by atoms with E-state index in [1.54, 1.807) is 11.8 Å². The molecule has 0 radical (unpaired) electrons. The molecule has 1 aromatic carbocycles. The summed E-state index contributed by atoms with van der Waals surface area (Å²) in [6.45, 7) is 12.7. The lowest BCUT2D eigenvalue weighted by atomic mass is 9.94. The van der Waals surface area contributed by atoms with Crippen molar-refractivity contribution in [1.29, 1.82) is 0 Å². The minimum Gasteiger partial charge on any atom is -0.387 e. The summed E-state index contributed by atoms with van der Waals surface area (Å²) in [7, 11) is 0. The molecule has 0 aromatic heterocycles. The molecule has 27 heavy (non-hydrogen) atoms. The van der Waals surface area contributed by atoms with Crippen LogP contribution in [0.25, 0.3) is 0 Å². The van der Waals surface area contributed by atoms with Gasteiger partial charge in [0.25, 0.3) is 0 Å². The summed E-state index contributed by atoms with van der Waals surface area (Å²) in [4.78, 5) is 1.19. The fourth-order valence-electron chi connectivity index (χ4n) is 3.11. The summed E-state index contributed by atoms with van der Waals surface area (Å²) in [5.41, 5.74) is 4.01. The molecule has 2 unspecified atom stereocenters. The predicted octanol–water partition coefficient (Wildman–Crippen LogP) is 6.47. The maximum absolute atomic E-state index is 10.3.